The van der Waals surface area contributed by atoms with Crippen LogP contribution in [0.25, 0.3) is 0 Å². The zero-order chi connectivity index (χ0) is 23.0. The summed E-state index contributed by atoms with van der Waals surface area (Å²) < 4.78 is 9.49. The maximum absolute atomic E-state index is 12.2. The molecule has 9 nitrogen and oxygen atoms in total. The van der Waals surface area contributed by atoms with E-state index in [1.54, 1.807) is 18.2 Å². The topological polar surface area (TPSA) is 124 Å². The number of urea groups is 1. The van der Waals surface area contributed by atoms with Crippen LogP contribution in [-0.4, -0.2) is 63.8 Å². The van der Waals surface area contributed by atoms with Crippen LogP contribution < -0.4 is 15.4 Å². The molecule has 1 atom stereocenters. The van der Waals surface area contributed by atoms with Crippen molar-refractivity contribution in [1.29, 1.82) is 0 Å². The van der Waals surface area contributed by atoms with E-state index in [-0.39, 0.29) is 29.6 Å². The molecule has 0 bridgehead atoms. The van der Waals surface area contributed by atoms with Crippen LogP contribution in [0.5, 0.6) is 5.88 Å². The summed E-state index contributed by atoms with van der Waals surface area (Å²) in [6, 6.07) is 4.35. The standard InChI is InChI=1S/C19H24Cl2N4O5S/c1-3-25(4-2)9-12(26)8-22-19(29)23-17-14(18(27)28)16(24-31-17)30-10-11-6-5-7-13(20)15(11)21/h5-7,12,26H,3-4,8-10H2,1-2H3,(H,27,28)(H2,22,23,29). The summed E-state index contributed by atoms with van der Waals surface area (Å²) in [5, 5.41) is 25.2. The molecule has 0 saturated carbocycles. The number of hydrogen-bond donors (Lipinski definition) is 4. The maximum atomic E-state index is 12.2. The van der Waals surface area contributed by atoms with Gasteiger partial charge >= 0.3 is 12.0 Å². The van der Waals surface area contributed by atoms with Gasteiger partial charge in [0.2, 0.25) is 5.88 Å². The number of aromatic nitrogens is 1. The number of nitrogens with zero attached hydrogens (tertiary/aromatic N) is 2. The number of carboxylic acid groups (broad SMARTS) is 1. The summed E-state index contributed by atoms with van der Waals surface area (Å²) in [6.45, 7) is 5.91. The Hall–Kier alpha value is -2.11. The molecule has 170 valence electrons. The van der Waals surface area contributed by atoms with Gasteiger partial charge in [-0.05, 0) is 30.7 Å². The predicted octanol–water partition coefficient (Wildman–Crippen LogP) is 3.55. The van der Waals surface area contributed by atoms with Crippen LogP contribution in [0.3, 0.4) is 0 Å². The van der Waals surface area contributed by atoms with Crippen LogP contribution >= 0.6 is 34.7 Å². The second kappa shape index (κ2) is 12.1. The lowest BCUT2D eigenvalue weighted by molar-refractivity contribution is 0.0693. The molecule has 1 heterocycles. The Balaban J connectivity index is 1.99. The summed E-state index contributed by atoms with van der Waals surface area (Å²) in [5.41, 5.74) is 0.287. The molecular weight excluding hydrogens is 467 g/mol. The quantitative estimate of drug-likeness (QED) is 0.379. The average Bonchev–Trinajstić information content (AvgIpc) is 3.14. The third-order valence-electron chi connectivity index (χ3n) is 4.36. The average molecular weight is 491 g/mol. The van der Waals surface area contributed by atoms with Crippen LogP contribution in [-0.2, 0) is 6.61 Å². The lowest BCUT2D eigenvalue weighted by Gasteiger charge is -2.21. The smallest absolute Gasteiger partial charge is 0.344 e. The molecule has 0 saturated heterocycles. The van der Waals surface area contributed by atoms with E-state index < -0.39 is 18.1 Å². The predicted molar refractivity (Wildman–Crippen MR) is 121 cm³/mol. The molecule has 4 N–H and O–H groups in total. The van der Waals surface area contributed by atoms with E-state index in [9.17, 15) is 19.8 Å². The van der Waals surface area contributed by atoms with Gasteiger partial charge < -0.3 is 25.2 Å². The zero-order valence-electron chi connectivity index (χ0n) is 17.0. The Morgan fingerprint density at radius 1 is 1.29 bits per heavy atom. The lowest BCUT2D eigenvalue weighted by Crippen LogP contribution is -2.41. The number of carbonyl (C=O) groups excluding carboxylic acids is 1. The molecule has 1 aromatic heterocycles. The highest BCUT2D eigenvalue weighted by Gasteiger charge is 2.24. The summed E-state index contributed by atoms with van der Waals surface area (Å²) in [6.07, 6.45) is -0.757. The van der Waals surface area contributed by atoms with Crippen LogP contribution in [0, 0.1) is 0 Å². The molecule has 31 heavy (non-hydrogen) atoms. The van der Waals surface area contributed by atoms with Crippen LogP contribution in [0.1, 0.15) is 29.8 Å². The lowest BCUT2D eigenvalue weighted by atomic mass is 10.2. The molecule has 0 aliphatic rings. The van der Waals surface area contributed by atoms with E-state index in [1.165, 1.54) is 0 Å². The van der Waals surface area contributed by atoms with E-state index in [4.69, 9.17) is 27.9 Å². The molecule has 0 fully saturated rings. The highest BCUT2D eigenvalue weighted by Crippen LogP contribution is 2.32. The molecule has 0 aliphatic heterocycles. The number of nitrogens with one attached hydrogen (secondary N) is 2. The minimum Gasteiger partial charge on any atom is -0.477 e. The van der Waals surface area contributed by atoms with Crippen molar-refractivity contribution in [1.82, 2.24) is 14.6 Å². The largest absolute Gasteiger partial charge is 0.477 e. The number of benzene rings is 1. The number of ether oxygens (including phenoxy) is 1. The van der Waals surface area contributed by atoms with Gasteiger partial charge in [0, 0.05) is 18.7 Å². The van der Waals surface area contributed by atoms with Gasteiger partial charge in [0.05, 0.1) is 16.1 Å². The fourth-order valence-electron chi connectivity index (χ4n) is 2.66. The zero-order valence-corrected chi connectivity index (χ0v) is 19.4. The van der Waals surface area contributed by atoms with Gasteiger partial charge in [0.1, 0.15) is 11.6 Å². The number of aromatic carboxylic acids is 1. The van der Waals surface area contributed by atoms with Crippen molar-refractivity contribution in [3.8, 4) is 5.88 Å². The number of carbonyl (C=O) groups is 2. The van der Waals surface area contributed by atoms with Crippen LogP contribution in [0.4, 0.5) is 9.80 Å². The van der Waals surface area contributed by atoms with Crippen molar-refractivity contribution in [2.24, 2.45) is 0 Å². The van der Waals surface area contributed by atoms with Gasteiger partial charge in [0.15, 0.2) is 5.56 Å². The fourth-order valence-corrected chi connectivity index (χ4v) is 3.75. The van der Waals surface area contributed by atoms with Crippen LogP contribution in [0.15, 0.2) is 18.2 Å². The van der Waals surface area contributed by atoms with Gasteiger partial charge in [-0.1, -0.05) is 49.2 Å². The highest BCUT2D eigenvalue weighted by molar-refractivity contribution is 7.11. The molecule has 2 rings (SSSR count). The van der Waals surface area contributed by atoms with E-state index in [2.05, 4.69) is 15.0 Å². The Bertz CT molecular complexity index is 907. The molecule has 12 heteroatoms. The molecule has 2 aromatic rings. The summed E-state index contributed by atoms with van der Waals surface area (Å²) >= 11 is 12.8. The third kappa shape index (κ3) is 7.22. The summed E-state index contributed by atoms with van der Waals surface area (Å²) in [4.78, 5) is 25.9. The molecular formula is C19H24Cl2N4O5S. The highest BCUT2D eigenvalue weighted by atomic mass is 35.5. The first-order valence-corrected chi connectivity index (χ1v) is 11.0. The van der Waals surface area contributed by atoms with Crippen molar-refractivity contribution in [2.75, 3.05) is 31.5 Å². The number of halogens is 2. The molecule has 0 radical (unpaired) electrons. The Labute approximate surface area is 194 Å². The number of likely N-dealkylation sites (N-methyl/N-ethyl adjacent to an activating group) is 1. The molecule has 1 unspecified atom stereocenters. The monoisotopic (exact) mass is 490 g/mol. The molecule has 0 aliphatic carbocycles. The first kappa shape index (κ1) is 25.2. The van der Waals surface area contributed by atoms with Gasteiger partial charge in [0.25, 0.3) is 0 Å². The van der Waals surface area contributed by atoms with E-state index in [1.807, 2.05) is 18.7 Å². The minimum atomic E-state index is -1.31. The third-order valence-corrected chi connectivity index (χ3v) is 5.96. The summed E-state index contributed by atoms with van der Waals surface area (Å²) in [7, 11) is 0. The van der Waals surface area contributed by atoms with Crippen molar-refractivity contribution < 1.29 is 24.5 Å². The summed E-state index contributed by atoms with van der Waals surface area (Å²) in [5.74, 6) is -1.46. The normalized spacial score (nSPS) is 11.9. The van der Waals surface area contributed by atoms with Crippen molar-refractivity contribution in [3.05, 3.63) is 39.4 Å². The van der Waals surface area contributed by atoms with Gasteiger partial charge in [-0.15, -0.1) is 0 Å². The van der Waals surface area contributed by atoms with E-state index in [0.717, 1.165) is 24.6 Å². The fraction of sp³-hybridized carbons (Fsp3) is 0.421. The second-order valence-corrected chi connectivity index (χ2v) is 8.03. The first-order valence-electron chi connectivity index (χ1n) is 9.50. The number of aliphatic hydroxyl groups is 1. The SMILES string of the molecule is CCN(CC)CC(O)CNC(=O)Nc1snc(OCc2cccc(Cl)c2Cl)c1C(=O)O. The number of hydrogen-bond acceptors (Lipinski definition) is 7. The second-order valence-electron chi connectivity index (χ2n) is 6.47. The van der Waals surface area contributed by atoms with Crippen molar-refractivity contribution in [3.63, 3.8) is 0 Å². The Morgan fingerprint density at radius 2 is 2.00 bits per heavy atom. The molecule has 2 amide bonds. The number of anilines is 1. The van der Waals surface area contributed by atoms with Crippen molar-refractivity contribution in [2.45, 2.75) is 26.6 Å². The van der Waals surface area contributed by atoms with E-state index >= 15 is 0 Å². The van der Waals surface area contributed by atoms with Gasteiger partial charge in [-0.25, -0.2) is 9.59 Å². The number of aliphatic hydroxyl groups excluding tert-OH is 1. The molecule has 1 aromatic carbocycles. The number of amides is 2. The maximum Gasteiger partial charge on any atom is 0.344 e. The van der Waals surface area contributed by atoms with Gasteiger partial charge in [-0.2, -0.15) is 4.37 Å². The minimum absolute atomic E-state index is 0.00965. The first-order chi connectivity index (χ1) is 14.8. The Morgan fingerprint density at radius 3 is 2.65 bits per heavy atom. The number of carboxylic acids is 1. The van der Waals surface area contributed by atoms with Gasteiger partial charge in [-0.3, -0.25) is 5.32 Å². The van der Waals surface area contributed by atoms with Crippen molar-refractivity contribution >= 4 is 51.7 Å². The molecule has 0 spiro atoms. The Kier molecular flexibility index (Phi) is 9.79. The van der Waals surface area contributed by atoms with E-state index in [0.29, 0.717) is 22.2 Å². The van der Waals surface area contributed by atoms with Crippen LogP contribution in [0.2, 0.25) is 10.0 Å². The number of rotatable bonds is 11.